The molecule has 0 fully saturated rings. The van der Waals surface area contributed by atoms with Crippen LogP contribution < -0.4 is 0 Å². The van der Waals surface area contributed by atoms with Crippen LogP contribution in [0.2, 0.25) is 0 Å². The Hall–Kier alpha value is -1.02. The molecule has 1 aromatic rings. The molecule has 0 amide bonds. The first-order valence-electron chi connectivity index (χ1n) is 4.69. The van der Waals surface area contributed by atoms with E-state index in [1.54, 1.807) is 6.92 Å². The van der Waals surface area contributed by atoms with E-state index in [1.165, 1.54) is 5.38 Å². The largest absolute Gasteiger partial charge is 0.461 e. The third-order valence-electron chi connectivity index (χ3n) is 1.81. The van der Waals surface area contributed by atoms with Crippen LogP contribution in [0.1, 0.15) is 28.5 Å². The smallest absolute Gasteiger partial charge is 0.357 e. The lowest BCUT2D eigenvalue weighted by Crippen LogP contribution is -2.22. The molecule has 3 N–H and O–H groups in total. The molecule has 16 heavy (non-hydrogen) atoms. The molecule has 0 aromatic carbocycles. The van der Waals surface area contributed by atoms with Gasteiger partial charge in [-0.25, -0.2) is 9.78 Å². The third-order valence-corrected chi connectivity index (χ3v) is 2.73. The van der Waals surface area contributed by atoms with E-state index in [4.69, 9.17) is 9.84 Å². The number of hydrogen-bond donors (Lipinski definition) is 3. The van der Waals surface area contributed by atoms with Crippen LogP contribution in [0.3, 0.4) is 0 Å². The van der Waals surface area contributed by atoms with Crippen molar-refractivity contribution >= 4 is 17.3 Å². The van der Waals surface area contributed by atoms with Crippen molar-refractivity contribution in [3.8, 4) is 0 Å². The molecule has 2 atom stereocenters. The highest BCUT2D eigenvalue weighted by molar-refractivity contribution is 7.09. The van der Waals surface area contributed by atoms with Gasteiger partial charge in [-0.15, -0.1) is 11.3 Å². The molecule has 0 radical (unpaired) electrons. The average molecular weight is 247 g/mol. The van der Waals surface area contributed by atoms with E-state index in [9.17, 15) is 15.0 Å². The number of aromatic nitrogens is 1. The lowest BCUT2D eigenvalue weighted by Gasteiger charge is -2.11. The SMILES string of the molecule is CCOC(=O)c1csc(C(O)C(O)CO)n1. The molecular weight excluding hydrogens is 234 g/mol. The molecule has 0 aliphatic carbocycles. The Morgan fingerprint density at radius 3 is 2.88 bits per heavy atom. The van der Waals surface area contributed by atoms with Gasteiger partial charge >= 0.3 is 5.97 Å². The van der Waals surface area contributed by atoms with Gasteiger partial charge in [-0.1, -0.05) is 0 Å². The van der Waals surface area contributed by atoms with Crippen molar-refractivity contribution in [1.29, 1.82) is 0 Å². The van der Waals surface area contributed by atoms with E-state index in [0.29, 0.717) is 0 Å². The maximum absolute atomic E-state index is 11.2. The minimum atomic E-state index is -1.30. The summed E-state index contributed by atoms with van der Waals surface area (Å²) in [7, 11) is 0. The van der Waals surface area contributed by atoms with Crippen LogP contribution in [-0.4, -0.2) is 45.6 Å². The summed E-state index contributed by atoms with van der Waals surface area (Å²) in [5.41, 5.74) is 0.0889. The van der Waals surface area contributed by atoms with Gasteiger partial charge in [-0.3, -0.25) is 0 Å². The van der Waals surface area contributed by atoms with E-state index in [2.05, 4.69) is 4.98 Å². The highest BCUT2D eigenvalue weighted by Gasteiger charge is 2.22. The van der Waals surface area contributed by atoms with Crippen LogP contribution in [0.25, 0.3) is 0 Å². The average Bonchev–Trinajstić information content (AvgIpc) is 2.76. The van der Waals surface area contributed by atoms with Crippen LogP contribution in [0, 0.1) is 0 Å². The van der Waals surface area contributed by atoms with Gasteiger partial charge in [0.1, 0.15) is 17.2 Å². The van der Waals surface area contributed by atoms with Crippen molar-refractivity contribution < 1.29 is 24.9 Å². The number of rotatable bonds is 5. The Kier molecular flexibility index (Phi) is 4.81. The number of hydrogen-bond acceptors (Lipinski definition) is 7. The normalized spacial score (nSPS) is 14.5. The highest BCUT2D eigenvalue weighted by Crippen LogP contribution is 2.21. The summed E-state index contributed by atoms with van der Waals surface area (Å²) >= 11 is 1.02. The van der Waals surface area contributed by atoms with Gasteiger partial charge in [-0.05, 0) is 6.92 Å². The fraction of sp³-hybridized carbons (Fsp3) is 0.556. The van der Waals surface area contributed by atoms with Crippen LogP contribution in [0.5, 0.6) is 0 Å². The molecule has 0 aliphatic heterocycles. The zero-order valence-corrected chi connectivity index (χ0v) is 9.48. The Labute approximate surface area is 96.1 Å². The molecule has 7 heteroatoms. The Morgan fingerprint density at radius 2 is 2.31 bits per heavy atom. The van der Waals surface area contributed by atoms with Crippen molar-refractivity contribution in [1.82, 2.24) is 4.98 Å². The zero-order valence-electron chi connectivity index (χ0n) is 8.66. The molecule has 0 spiro atoms. The van der Waals surface area contributed by atoms with E-state index in [1.807, 2.05) is 0 Å². The van der Waals surface area contributed by atoms with Crippen molar-refractivity contribution in [2.75, 3.05) is 13.2 Å². The lowest BCUT2D eigenvalue weighted by atomic mass is 10.2. The van der Waals surface area contributed by atoms with Crippen molar-refractivity contribution in [2.24, 2.45) is 0 Å². The van der Waals surface area contributed by atoms with Gasteiger partial charge < -0.3 is 20.1 Å². The topological polar surface area (TPSA) is 99.9 Å². The first-order valence-corrected chi connectivity index (χ1v) is 5.57. The predicted octanol–water partition coefficient (Wildman–Crippen LogP) is -0.294. The molecule has 1 aromatic heterocycles. The second kappa shape index (κ2) is 5.90. The van der Waals surface area contributed by atoms with Crippen LogP contribution in [0.15, 0.2) is 5.38 Å². The Balaban J connectivity index is 2.74. The first-order chi connectivity index (χ1) is 7.60. The molecule has 2 unspecified atom stereocenters. The van der Waals surface area contributed by atoms with Gasteiger partial charge in [0.2, 0.25) is 0 Å². The number of aliphatic hydroxyl groups is 3. The summed E-state index contributed by atoms with van der Waals surface area (Å²) in [6, 6.07) is 0. The van der Waals surface area contributed by atoms with Gasteiger partial charge in [0.05, 0.1) is 13.2 Å². The number of ether oxygens (including phenoxy) is 1. The molecule has 0 aliphatic rings. The van der Waals surface area contributed by atoms with Crippen molar-refractivity contribution in [3.63, 3.8) is 0 Å². The second-order valence-corrected chi connectivity index (χ2v) is 3.88. The number of carbonyl (C=O) groups is 1. The fourth-order valence-corrected chi connectivity index (χ4v) is 1.82. The van der Waals surface area contributed by atoms with Crippen LogP contribution in [-0.2, 0) is 4.74 Å². The molecule has 6 nitrogen and oxygen atoms in total. The number of nitrogens with zero attached hydrogens (tertiary/aromatic N) is 1. The summed E-state index contributed by atoms with van der Waals surface area (Å²) in [5.74, 6) is -0.573. The summed E-state index contributed by atoms with van der Waals surface area (Å²) in [5, 5.41) is 28.9. The van der Waals surface area contributed by atoms with Crippen molar-refractivity contribution in [2.45, 2.75) is 19.1 Å². The predicted molar refractivity (Wildman–Crippen MR) is 56.1 cm³/mol. The quantitative estimate of drug-likeness (QED) is 0.618. The first kappa shape index (κ1) is 13.0. The zero-order chi connectivity index (χ0) is 12.1. The number of thiazole rings is 1. The number of carbonyl (C=O) groups excluding carboxylic acids is 1. The van der Waals surface area contributed by atoms with Gasteiger partial charge in [-0.2, -0.15) is 0 Å². The maximum Gasteiger partial charge on any atom is 0.357 e. The summed E-state index contributed by atoms with van der Waals surface area (Å²) in [4.78, 5) is 15.1. The molecule has 0 bridgehead atoms. The van der Waals surface area contributed by atoms with E-state index >= 15 is 0 Å². The summed E-state index contributed by atoms with van der Waals surface area (Å²) in [6.07, 6.45) is -2.60. The molecular formula is C9H13NO5S. The standard InChI is InChI=1S/C9H13NO5S/c1-2-15-9(14)5-4-16-8(10-5)7(13)6(12)3-11/h4,6-7,11-13H,2-3H2,1H3. The minimum absolute atomic E-state index is 0.0889. The summed E-state index contributed by atoms with van der Waals surface area (Å²) in [6.45, 7) is 1.35. The van der Waals surface area contributed by atoms with Gasteiger partial charge in [0.15, 0.2) is 5.69 Å². The Morgan fingerprint density at radius 1 is 1.62 bits per heavy atom. The minimum Gasteiger partial charge on any atom is -0.461 e. The maximum atomic E-state index is 11.2. The van der Waals surface area contributed by atoms with E-state index in [-0.39, 0.29) is 17.3 Å². The van der Waals surface area contributed by atoms with E-state index in [0.717, 1.165) is 11.3 Å². The van der Waals surface area contributed by atoms with Gasteiger partial charge in [0.25, 0.3) is 0 Å². The van der Waals surface area contributed by atoms with Crippen LogP contribution >= 0.6 is 11.3 Å². The fourth-order valence-electron chi connectivity index (χ4n) is 0.987. The molecule has 0 saturated carbocycles. The number of esters is 1. The molecule has 1 rings (SSSR count). The van der Waals surface area contributed by atoms with Crippen molar-refractivity contribution in [3.05, 3.63) is 16.1 Å². The second-order valence-electron chi connectivity index (χ2n) is 2.99. The van der Waals surface area contributed by atoms with Gasteiger partial charge in [0, 0.05) is 5.38 Å². The molecule has 90 valence electrons. The van der Waals surface area contributed by atoms with Crippen LogP contribution in [0.4, 0.5) is 0 Å². The van der Waals surface area contributed by atoms with E-state index < -0.39 is 24.8 Å². The molecule has 0 saturated heterocycles. The Bertz CT molecular complexity index is 353. The third kappa shape index (κ3) is 2.99. The monoisotopic (exact) mass is 247 g/mol. The number of aliphatic hydroxyl groups excluding tert-OH is 3. The summed E-state index contributed by atoms with van der Waals surface area (Å²) < 4.78 is 4.72. The highest BCUT2D eigenvalue weighted by atomic mass is 32.1. The lowest BCUT2D eigenvalue weighted by molar-refractivity contribution is -0.0154. The molecule has 1 heterocycles.